The van der Waals surface area contributed by atoms with Gasteiger partial charge in [0.2, 0.25) is 0 Å². The van der Waals surface area contributed by atoms with Crippen molar-refractivity contribution in [2.75, 3.05) is 0 Å². The lowest BCUT2D eigenvalue weighted by Crippen LogP contribution is -2.34. The van der Waals surface area contributed by atoms with Crippen LogP contribution in [0, 0.1) is 13.8 Å². The lowest BCUT2D eigenvalue weighted by atomic mass is 9.84. The van der Waals surface area contributed by atoms with Crippen LogP contribution < -0.4 is 4.57 Å². The Morgan fingerprint density at radius 1 is 0.917 bits per heavy atom. The van der Waals surface area contributed by atoms with Crippen LogP contribution in [0.25, 0.3) is 0 Å². The van der Waals surface area contributed by atoms with E-state index in [-0.39, 0.29) is 5.41 Å². The highest BCUT2D eigenvalue weighted by molar-refractivity contribution is 5.40. The van der Waals surface area contributed by atoms with Crippen molar-refractivity contribution in [2.24, 2.45) is 0 Å². The van der Waals surface area contributed by atoms with Gasteiger partial charge in [-0.3, -0.25) is 0 Å². The van der Waals surface area contributed by atoms with Crippen molar-refractivity contribution in [1.82, 2.24) is 0 Å². The molecule has 1 heterocycles. The lowest BCUT2D eigenvalue weighted by molar-refractivity contribution is -0.688. The topological polar surface area (TPSA) is 3.88 Å². The number of hydrogen-bond donors (Lipinski definition) is 0. The van der Waals surface area contributed by atoms with Gasteiger partial charge in [0.1, 0.15) is 0 Å². The molecule has 1 aromatic heterocycles. The van der Waals surface area contributed by atoms with E-state index in [9.17, 15) is 0 Å². The summed E-state index contributed by atoms with van der Waals surface area (Å²) in [6, 6.07) is 9.32. The van der Waals surface area contributed by atoms with Crippen LogP contribution in [0.4, 0.5) is 0 Å². The van der Waals surface area contributed by atoms with Gasteiger partial charge in [-0.15, -0.1) is 0 Å². The number of nitrogens with zero attached hydrogens (tertiary/aromatic N) is 1. The average Bonchev–Trinajstić information content (AvgIpc) is 2.52. The Kier molecular flexibility index (Phi) is 5.85. The highest BCUT2D eigenvalue weighted by Crippen LogP contribution is 2.27. The van der Waals surface area contributed by atoms with E-state index in [1.54, 1.807) is 0 Å². The quantitative estimate of drug-likeness (QED) is 0.608. The van der Waals surface area contributed by atoms with Gasteiger partial charge in [-0.25, -0.2) is 4.57 Å². The summed E-state index contributed by atoms with van der Waals surface area (Å²) in [6.07, 6.45) is 6.91. The van der Waals surface area contributed by atoms with E-state index in [4.69, 9.17) is 0 Å². The number of aryl methyl sites for hydroxylation is 2. The molecule has 0 aliphatic rings. The minimum absolute atomic E-state index is 0.207. The van der Waals surface area contributed by atoms with Gasteiger partial charge in [-0.1, -0.05) is 46.8 Å². The van der Waals surface area contributed by atoms with Crippen LogP contribution in [0.5, 0.6) is 0 Å². The summed E-state index contributed by atoms with van der Waals surface area (Å²) in [5.41, 5.74) is 7.34. The molecule has 0 bridgehead atoms. The Bertz CT molecular complexity index is 647. The second kappa shape index (κ2) is 7.51. The van der Waals surface area contributed by atoms with Crippen LogP contribution in [-0.2, 0) is 12.0 Å². The van der Waals surface area contributed by atoms with Crippen molar-refractivity contribution >= 4 is 0 Å². The number of aromatic nitrogens is 1. The zero-order valence-corrected chi connectivity index (χ0v) is 16.6. The van der Waals surface area contributed by atoms with E-state index in [2.05, 4.69) is 89.7 Å². The third-order valence-corrected chi connectivity index (χ3v) is 5.28. The number of hydrogen-bond acceptors (Lipinski definition) is 0. The Hall–Kier alpha value is -1.63. The normalized spacial score (nSPS) is 12.0. The second-order valence-electron chi connectivity index (χ2n) is 8.16. The summed E-state index contributed by atoms with van der Waals surface area (Å²) in [5.74, 6) is 0.689. The molecular formula is C23H34N+. The van der Waals surface area contributed by atoms with E-state index < -0.39 is 0 Å². The van der Waals surface area contributed by atoms with Crippen LogP contribution in [0.2, 0.25) is 0 Å². The SMILES string of the molecule is CCC(CC)c1cc[n+](Cc2c(C)cc(C(C)(C)C)cc2C)cc1. The van der Waals surface area contributed by atoms with Crippen molar-refractivity contribution < 1.29 is 4.57 Å². The van der Waals surface area contributed by atoms with Gasteiger partial charge in [0, 0.05) is 17.7 Å². The molecule has 0 fully saturated rings. The fourth-order valence-corrected chi connectivity index (χ4v) is 3.46. The molecule has 0 aliphatic heterocycles. The van der Waals surface area contributed by atoms with Crippen LogP contribution >= 0.6 is 0 Å². The summed E-state index contributed by atoms with van der Waals surface area (Å²) in [7, 11) is 0. The molecule has 2 aromatic rings. The molecule has 2 rings (SSSR count). The van der Waals surface area contributed by atoms with Gasteiger partial charge in [-0.2, -0.15) is 0 Å². The zero-order chi connectivity index (χ0) is 17.9. The Balaban J connectivity index is 2.25. The predicted octanol–water partition coefficient (Wildman–Crippen LogP) is 5.84. The first-order valence-corrected chi connectivity index (χ1v) is 9.35. The van der Waals surface area contributed by atoms with Gasteiger partial charge in [0.05, 0.1) is 0 Å². The highest BCUT2D eigenvalue weighted by atomic mass is 14.9. The molecule has 1 aromatic carbocycles. The van der Waals surface area contributed by atoms with E-state index in [1.165, 1.54) is 40.7 Å². The molecule has 24 heavy (non-hydrogen) atoms. The molecular weight excluding hydrogens is 290 g/mol. The van der Waals surface area contributed by atoms with E-state index in [0.717, 1.165) is 6.54 Å². The highest BCUT2D eigenvalue weighted by Gasteiger charge is 2.18. The Morgan fingerprint density at radius 2 is 1.42 bits per heavy atom. The monoisotopic (exact) mass is 324 g/mol. The van der Waals surface area contributed by atoms with E-state index >= 15 is 0 Å². The smallest absolute Gasteiger partial charge is 0.174 e. The molecule has 0 amide bonds. The van der Waals surface area contributed by atoms with Crippen molar-refractivity contribution in [3.8, 4) is 0 Å². The minimum atomic E-state index is 0.207. The van der Waals surface area contributed by atoms with Crippen molar-refractivity contribution in [2.45, 2.75) is 79.2 Å². The van der Waals surface area contributed by atoms with Gasteiger partial charge in [0.15, 0.2) is 18.9 Å². The molecule has 1 nitrogen and oxygen atoms in total. The van der Waals surface area contributed by atoms with Crippen LogP contribution in [-0.4, -0.2) is 0 Å². The number of benzene rings is 1. The molecule has 0 aliphatic carbocycles. The zero-order valence-electron chi connectivity index (χ0n) is 16.6. The molecule has 0 spiro atoms. The largest absolute Gasteiger partial charge is 0.201 e. The summed E-state index contributed by atoms with van der Waals surface area (Å²) in [5, 5.41) is 0. The summed E-state index contributed by atoms with van der Waals surface area (Å²) >= 11 is 0. The second-order valence-corrected chi connectivity index (χ2v) is 8.16. The first-order chi connectivity index (χ1) is 11.3. The number of pyridine rings is 1. The molecule has 0 atom stereocenters. The molecule has 1 heteroatoms. The number of rotatable bonds is 5. The lowest BCUT2D eigenvalue weighted by Gasteiger charge is -2.21. The fourth-order valence-electron chi connectivity index (χ4n) is 3.46. The summed E-state index contributed by atoms with van der Waals surface area (Å²) in [4.78, 5) is 0. The maximum absolute atomic E-state index is 2.36. The van der Waals surface area contributed by atoms with Gasteiger partial charge < -0.3 is 0 Å². The van der Waals surface area contributed by atoms with Gasteiger partial charge >= 0.3 is 0 Å². The third-order valence-electron chi connectivity index (χ3n) is 5.28. The third kappa shape index (κ3) is 4.26. The summed E-state index contributed by atoms with van der Waals surface area (Å²) in [6.45, 7) is 16.8. The average molecular weight is 325 g/mol. The molecule has 0 radical (unpaired) electrons. The first kappa shape index (κ1) is 18.7. The molecule has 0 saturated heterocycles. The van der Waals surface area contributed by atoms with Crippen molar-refractivity contribution in [3.05, 3.63) is 64.5 Å². The van der Waals surface area contributed by atoms with Crippen molar-refractivity contribution in [3.63, 3.8) is 0 Å². The first-order valence-electron chi connectivity index (χ1n) is 9.35. The van der Waals surface area contributed by atoms with Gasteiger partial charge in [0.25, 0.3) is 0 Å². The van der Waals surface area contributed by atoms with Crippen LogP contribution in [0.1, 0.15) is 81.2 Å². The Morgan fingerprint density at radius 3 is 1.83 bits per heavy atom. The Labute approximate surface area is 148 Å². The molecule has 0 unspecified atom stereocenters. The maximum atomic E-state index is 2.36. The standard InChI is InChI=1S/C23H34N/c1-8-19(9-2)20-10-12-24(13-11-20)16-22-17(3)14-21(15-18(22)4)23(5,6)7/h10-15,19H,8-9,16H2,1-7H3/q+1. The molecule has 0 saturated carbocycles. The fraction of sp³-hybridized carbons (Fsp3) is 0.522. The van der Waals surface area contributed by atoms with Crippen molar-refractivity contribution in [1.29, 1.82) is 0 Å². The van der Waals surface area contributed by atoms with E-state index in [1.807, 2.05) is 0 Å². The van der Waals surface area contributed by atoms with Gasteiger partial charge in [-0.05, 0) is 60.3 Å². The van der Waals surface area contributed by atoms with E-state index in [0.29, 0.717) is 5.92 Å². The predicted molar refractivity (Wildman–Crippen MR) is 104 cm³/mol. The van der Waals surface area contributed by atoms with Crippen LogP contribution in [0.3, 0.4) is 0 Å². The summed E-state index contributed by atoms with van der Waals surface area (Å²) < 4.78 is 2.30. The van der Waals surface area contributed by atoms with Crippen LogP contribution in [0.15, 0.2) is 36.7 Å². The molecule has 0 N–H and O–H groups in total. The minimum Gasteiger partial charge on any atom is -0.201 e. The molecule has 130 valence electrons. The maximum Gasteiger partial charge on any atom is 0.174 e.